The van der Waals surface area contributed by atoms with Crippen LogP contribution in [0.3, 0.4) is 0 Å². The third-order valence-electron chi connectivity index (χ3n) is 5.26. The standard InChI is InChI=1S/C24H26FN7S2/c1-15-10-16(25)12-19(11-15)34-20-13-21(22(26)29-14-20)23(27)31-24(33)30-17-2-4-18(5-3-17)32-8-6-28-7-9-32/h2-5,10-14,28H,6-9H2,1H3,(H2,26,29)(H3,27,30,31,33). The number of halogens is 1. The molecule has 0 spiro atoms. The molecule has 0 saturated carbocycles. The highest BCUT2D eigenvalue weighted by molar-refractivity contribution is 7.99. The van der Waals surface area contributed by atoms with Gasteiger partial charge < -0.3 is 26.6 Å². The summed E-state index contributed by atoms with van der Waals surface area (Å²) < 4.78 is 13.7. The molecule has 2 aromatic carbocycles. The van der Waals surface area contributed by atoms with Crippen molar-refractivity contribution in [2.75, 3.05) is 42.1 Å². The van der Waals surface area contributed by atoms with Gasteiger partial charge in [0.15, 0.2) is 5.11 Å². The van der Waals surface area contributed by atoms with Crippen LogP contribution >= 0.6 is 24.0 Å². The van der Waals surface area contributed by atoms with Crippen LogP contribution in [0.4, 0.5) is 21.6 Å². The lowest BCUT2D eigenvalue weighted by atomic mass is 10.2. The molecule has 10 heteroatoms. The monoisotopic (exact) mass is 495 g/mol. The molecule has 0 amide bonds. The second-order valence-electron chi connectivity index (χ2n) is 7.91. The van der Waals surface area contributed by atoms with E-state index in [2.05, 4.69) is 38.0 Å². The van der Waals surface area contributed by atoms with E-state index < -0.39 is 0 Å². The van der Waals surface area contributed by atoms with E-state index in [9.17, 15) is 4.39 Å². The Morgan fingerprint density at radius 3 is 2.59 bits per heavy atom. The third-order valence-corrected chi connectivity index (χ3v) is 6.39. The molecule has 1 fully saturated rings. The van der Waals surface area contributed by atoms with E-state index in [4.69, 9.17) is 23.4 Å². The van der Waals surface area contributed by atoms with Crippen LogP contribution in [-0.4, -0.2) is 42.1 Å². The normalized spacial score (nSPS) is 13.4. The van der Waals surface area contributed by atoms with Crippen LogP contribution in [0.1, 0.15) is 11.1 Å². The van der Waals surface area contributed by atoms with Crippen molar-refractivity contribution in [3.05, 3.63) is 71.7 Å². The number of amidine groups is 1. The molecule has 7 nitrogen and oxygen atoms in total. The van der Waals surface area contributed by atoms with Gasteiger partial charge in [-0.3, -0.25) is 5.41 Å². The largest absolute Gasteiger partial charge is 0.383 e. The number of nitrogens with one attached hydrogen (secondary N) is 4. The molecule has 1 aromatic heterocycles. The lowest BCUT2D eigenvalue weighted by molar-refractivity contribution is 0.589. The summed E-state index contributed by atoms with van der Waals surface area (Å²) in [5.74, 6) is -0.0591. The van der Waals surface area contributed by atoms with E-state index in [1.807, 2.05) is 25.1 Å². The molecule has 4 rings (SSSR count). The summed E-state index contributed by atoms with van der Waals surface area (Å²) in [6, 6.07) is 14.6. The molecular formula is C24H26FN7S2. The maximum absolute atomic E-state index is 13.7. The SMILES string of the molecule is Cc1cc(F)cc(Sc2cnc(N)c(C(=N)NC(=S)Nc3ccc(N4CCNCC4)cc3)c2)c1. The molecule has 34 heavy (non-hydrogen) atoms. The molecule has 1 aliphatic heterocycles. The smallest absolute Gasteiger partial charge is 0.176 e. The zero-order valence-corrected chi connectivity index (χ0v) is 20.3. The van der Waals surface area contributed by atoms with Crippen molar-refractivity contribution >= 4 is 52.1 Å². The Kier molecular flexibility index (Phi) is 7.61. The number of thiocarbonyl (C=S) groups is 1. The van der Waals surface area contributed by atoms with Gasteiger partial charge in [-0.05, 0) is 73.2 Å². The topological polar surface area (TPSA) is 102 Å². The van der Waals surface area contributed by atoms with Gasteiger partial charge in [0.25, 0.3) is 0 Å². The molecule has 0 aliphatic carbocycles. The number of aromatic nitrogens is 1. The fourth-order valence-electron chi connectivity index (χ4n) is 3.63. The predicted octanol–water partition coefficient (Wildman–Crippen LogP) is 3.98. The minimum atomic E-state index is -0.294. The van der Waals surface area contributed by atoms with Gasteiger partial charge in [-0.15, -0.1) is 0 Å². The Morgan fingerprint density at radius 2 is 1.88 bits per heavy atom. The molecule has 176 valence electrons. The quantitative estimate of drug-likeness (QED) is 0.206. The van der Waals surface area contributed by atoms with E-state index in [-0.39, 0.29) is 22.6 Å². The Morgan fingerprint density at radius 1 is 1.15 bits per heavy atom. The molecule has 6 N–H and O–H groups in total. The van der Waals surface area contributed by atoms with Gasteiger partial charge in [-0.25, -0.2) is 9.37 Å². The molecule has 2 heterocycles. The highest BCUT2D eigenvalue weighted by Gasteiger charge is 2.13. The number of hydrogen-bond acceptors (Lipinski definition) is 7. The Balaban J connectivity index is 1.38. The van der Waals surface area contributed by atoms with Gasteiger partial charge in [0.05, 0.1) is 5.56 Å². The summed E-state index contributed by atoms with van der Waals surface area (Å²) in [5, 5.41) is 18.0. The summed E-state index contributed by atoms with van der Waals surface area (Å²) in [6.45, 7) is 5.77. The second-order valence-corrected chi connectivity index (χ2v) is 9.46. The van der Waals surface area contributed by atoms with Gasteiger partial charge in [-0.1, -0.05) is 11.8 Å². The summed E-state index contributed by atoms with van der Waals surface area (Å²) in [6.07, 6.45) is 1.60. The van der Waals surface area contributed by atoms with Crippen LogP contribution in [0, 0.1) is 18.2 Å². The summed E-state index contributed by atoms with van der Waals surface area (Å²) >= 11 is 6.74. The van der Waals surface area contributed by atoms with Gasteiger partial charge in [-0.2, -0.15) is 0 Å². The third kappa shape index (κ3) is 6.22. The summed E-state index contributed by atoms with van der Waals surface area (Å²) in [7, 11) is 0. The number of pyridine rings is 1. The Hall–Kier alpha value is -3.21. The molecular weight excluding hydrogens is 469 g/mol. The van der Waals surface area contributed by atoms with Crippen molar-refractivity contribution in [3.8, 4) is 0 Å². The number of hydrogen-bond donors (Lipinski definition) is 5. The van der Waals surface area contributed by atoms with Crippen molar-refractivity contribution in [2.24, 2.45) is 0 Å². The first kappa shape index (κ1) is 23.9. The minimum Gasteiger partial charge on any atom is -0.383 e. The lowest BCUT2D eigenvalue weighted by Gasteiger charge is -2.29. The Bertz CT molecular complexity index is 1170. The van der Waals surface area contributed by atoms with Crippen LogP contribution in [0.25, 0.3) is 0 Å². The fourth-order valence-corrected chi connectivity index (χ4v) is 4.82. The number of anilines is 3. The van der Waals surface area contributed by atoms with Gasteiger partial charge >= 0.3 is 0 Å². The average Bonchev–Trinajstić information content (AvgIpc) is 2.80. The minimum absolute atomic E-state index is 0.0257. The predicted molar refractivity (Wildman–Crippen MR) is 142 cm³/mol. The average molecular weight is 496 g/mol. The van der Waals surface area contributed by atoms with Crippen LogP contribution in [0.2, 0.25) is 0 Å². The van der Waals surface area contributed by atoms with E-state index >= 15 is 0 Å². The molecule has 1 aliphatic rings. The van der Waals surface area contributed by atoms with Crippen LogP contribution < -0.4 is 26.6 Å². The van der Waals surface area contributed by atoms with E-state index in [1.54, 1.807) is 12.3 Å². The first-order chi connectivity index (χ1) is 16.4. The number of nitrogens with two attached hydrogens (primary N) is 1. The van der Waals surface area contributed by atoms with Crippen LogP contribution in [-0.2, 0) is 0 Å². The summed E-state index contributed by atoms with van der Waals surface area (Å²) in [5.41, 5.74) is 9.25. The number of benzene rings is 2. The summed E-state index contributed by atoms with van der Waals surface area (Å²) in [4.78, 5) is 8.01. The molecule has 3 aromatic rings. The van der Waals surface area contributed by atoms with Gasteiger partial charge in [0, 0.05) is 53.5 Å². The number of nitrogens with zero attached hydrogens (tertiary/aromatic N) is 2. The van der Waals surface area contributed by atoms with Crippen molar-refractivity contribution in [3.63, 3.8) is 0 Å². The highest BCUT2D eigenvalue weighted by Crippen LogP contribution is 2.30. The molecule has 0 atom stereocenters. The molecule has 0 bridgehead atoms. The van der Waals surface area contributed by atoms with E-state index in [0.29, 0.717) is 5.56 Å². The van der Waals surface area contributed by atoms with Crippen LogP contribution in [0.5, 0.6) is 0 Å². The van der Waals surface area contributed by atoms with Gasteiger partial charge in [0.2, 0.25) is 0 Å². The second kappa shape index (κ2) is 10.8. The van der Waals surface area contributed by atoms with E-state index in [1.165, 1.54) is 29.6 Å². The maximum atomic E-state index is 13.7. The lowest BCUT2D eigenvalue weighted by Crippen LogP contribution is -2.43. The fraction of sp³-hybridized carbons (Fsp3) is 0.208. The van der Waals surface area contributed by atoms with Crippen molar-refractivity contribution < 1.29 is 4.39 Å². The van der Waals surface area contributed by atoms with E-state index in [0.717, 1.165) is 47.2 Å². The van der Waals surface area contributed by atoms with Crippen molar-refractivity contribution in [1.82, 2.24) is 15.6 Å². The Labute approximate surface area is 207 Å². The molecule has 0 unspecified atom stereocenters. The molecule has 0 radical (unpaired) electrons. The number of piperazine rings is 1. The zero-order chi connectivity index (χ0) is 24.1. The first-order valence-corrected chi connectivity index (χ1v) is 12.0. The van der Waals surface area contributed by atoms with Crippen molar-refractivity contribution in [2.45, 2.75) is 16.7 Å². The van der Waals surface area contributed by atoms with Gasteiger partial charge in [0.1, 0.15) is 17.5 Å². The van der Waals surface area contributed by atoms with Crippen LogP contribution in [0.15, 0.2) is 64.5 Å². The molecule has 1 saturated heterocycles. The highest BCUT2D eigenvalue weighted by atomic mass is 32.2. The maximum Gasteiger partial charge on any atom is 0.176 e. The van der Waals surface area contributed by atoms with Crippen molar-refractivity contribution in [1.29, 1.82) is 5.41 Å². The number of rotatable bonds is 5. The zero-order valence-electron chi connectivity index (χ0n) is 18.7. The number of nitrogen functional groups attached to an aromatic ring is 1. The first-order valence-electron chi connectivity index (χ1n) is 10.8. The number of aryl methyl sites for hydroxylation is 1.